The monoisotopic (exact) mass is 249 g/mol. The van der Waals surface area contributed by atoms with Crippen LogP contribution in [-0.2, 0) is 4.84 Å². The van der Waals surface area contributed by atoms with E-state index in [2.05, 4.69) is 41.6 Å². The van der Waals surface area contributed by atoms with Crippen molar-refractivity contribution in [3.63, 3.8) is 0 Å². The number of oxime groups is 1. The van der Waals surface area contributed by atoms with E-state index in [1.54, 1.807) is 0 Å². The van der Waals surface area contributed by atoms with Crippen molar-refractivity contribution < 1.29 is 4.84 Å². The van der Waals surface area contributed by atoms with E-state index in [0.717, 1.165) is 17.7 Å². The molecule has 0 aromatic heterocycles. The molecule has 0 saturated carbocycles. The number of nitrogens with zero attached hydrogens (tertiary/aromatic N) is 1. The van der Waals surface area contributed by atoms with Crippen LogP contribution < -0.4 is 0 Å². The smallest absolute Gasteiger partial charge is 0.151 e. The van der Waals surface area contributed by atoms with Crippen LogP contribution in [0.1, 0.15) is 17.5 Å². The molecule has 2 aromatic carbocycles. The van der Waals surface area contributed by atoms with Gasteiger partial charge in [-0.15, -0.1) is 0 Å². The summed E-state index contributed by atoms with van der Waals surface area (Å²) < 4.78 is 0. The van der Waals surface area contributed by atoms with Crippen molar-refractivity contribution in [1.82, 2.24) is 0 Å². The molecule has 3 rings (SSSR count). The zero-order valence-electron chi connectivity index (χ0n) is 10.6. The zero-order valence-corrected chi connectivity index (χ0v) is 10.6. The van der Waals surface area contributed by atoms with E-state index in [9.17, 15) is 0 Å². The van der Waals surface area contributed by atoms with Crippen molar-refractivity contribution in [2.75, 3.05) is 0 Å². The minimum atomic E-state index is 0.0374. The Balaban J connectivity index is 1.64. The number of hydrogen-bond donors (Lipinski definition) is 0. The second kappa shape index (κ2) is 5.53. The Labute approximate surface area is 113 Å². The molecule has 19 heavy (non-hydrogen) atoms. The van der Waals surface area contributed by atoms with Gasteiger partial charge in [0.2, 0.25) is 0 Å². The highest BCUT2D eigenvalue weighted by atomic mass is 16.6. The summed E-state index contributed by atoms with van der Waals surface area (Å²) in [6, 6.07) is 20.4. The van der Waals surface area contributed by atoms with E-state index in [1.807, 2.05) is 36.4 Å². The first-order chi connectivity index (χ1) is 9.42. The van der Waals surface area contributed by atoms with Gasteiger partial charge in [-0.3, -0.25) is 0 Å². The fraction of sp³-hybridized carbons (Fsp3) is 0.118. The van der Waals surface area contributed by atoms with Gasteiger partial charge in [0.15, 0.2) is 6.10 Å². The summed E-state index contributed by atoms with van der Waals surface area (Å²) in [5.41, 5.74) is 3.33. The minimum Gasteiger partial charge on any atom is -0.388 e. The van der Waals surface area contributed by atoms with Crippen LogP contribution >= 0.6 is 0 Å². The number of rotatable bonds is 3. The van der Waals surface area contributed by atoms with Crippen molar-refractivity contribution >= 4 is 11.8 Å². The molecule has 1 aliphatic heterocycles. The third-order valence-corrected chi connectivity index (χ3v) is 3.10. The largest absolute Gasteiger partial charge is 0.388 e. The Hall–Kier alpha value is -2.35. The first kappa shape index (κ1) is 11.7. The normalized spacial score (nSPS) is 18.3. The van der Waals surface area contributed by atoms with E-state index in [1.165, 1.54) is 5.56 Å². The van der Waals surface area contributed by atoms with Gasteiger partial charge in [0.25, 0.3) is 0 Å². The van der Waals surface area contributed by atoms with Crippen LogP contribution in [0.5, 0.6) is 0 Å². The maximum Gasteiger partial charge on any atom is 0.151 e. The Morgan fingerprint density at radius 3 is 2.37 bits per heavy atom. The highest BCUT2D eigenvalue weighted by Crippen LogP contribution is 2.18. The van der Waals surface area contributed by atoms with Crippen molar-refractivity contribution in [2.24, 2.45) is 5.16 Å². The van der Waals surface area contributed by atoms with E-state index < -0.39 is 0 Å². The van der Waals surface area contributed by atoms with Gasteiger partial charge in [0, 0.05) is 6.42 Å². The van der Waals surface area contributed by atoms with Gasteiger partial charge in [-0.1, -0.05) is 71.9 Å². The quantitative estimate of drug-likeness (QED) is 0.808. The van der Waals surface area contributed by atoms with Crippen molar-refractivity contribution in [2.45, 2.75) is 12.5 Å². The summed E-state index contributed by atoms with van der Waals surface area (Å²) >= 11 is 0. The molecular formula is C17H15NO. The van der Waals surface area contributed by atoms with Crippen LogP contribution in [0, 0.1) is 0 Å². The van der Waals surface area contributed by atoms with Gasteiger partial charge in [-0.2, -0.15) is 0 Å². The lowest BCUT2D eigenvalue weighted by molar-refractivity contribution is 0.120. The van der Waals surface area contributed by atoms with E-state index >= 15 is 0 Å². The lowest BCUT2D eigenvalue weighted by atomic mass is 10.0. The lowest BCUT2D eigenvalue weighted by Crippen LogP contribution is -2.04. The van der Waals surface area contributed by atoms with Gasteiger partial charge in [0.1, 0.15) is 0 Å². The summed E-state index contributed by atoms with van der Waals surface area (Å²) in [6.07, 6.45) is 5.01. The van der Waals surface area contributed by atoms with Crippen LogP contribution in [0.25, 0.3) is 6.08 Å². The van der Waals surface area contributed by atoms with Crippen molar-refractivity contribution in [3.05, 3.63) is 77.9 Å². The molecule has 1 atom stereocenters. The Kier molecular flexibility index (Phi) is 3.41. The fourth-order valence-electron chi connectivity index (χ4n) is 2.08. The molecule has 0 bridgehead atoms. The maximum atomic E-state index is 5.44. The molecule has 0 aliphatic carbocycles. The molecule has 1 aliphatic rings. The minimum absolute atomic E-state index is 0.0374. The molecule has 2 aromatic rings. The molecule has 0 fully saturated rings. The molecule has 2 nitrogen and oxygen atoms in total. The lowest BCUT2D eigenvalue weighted by Gasteiger charge is -2.01. The SMILES string of the molecule is C(=C\C1CC(c2ccccc2)=NO1)/c1ccccc1. The van der Waals surface area contributed by atoms with E-state index in [0.29, 0.717) is 0 Å². The summed E-state index contributed by atoms with van der Waals surface area (Å²) in [7, 11) is 0. The first-order valence-electron chi connectivity index (χ1n) is 6.43. The van der Waals surface area contributed by atoms with Crippen molar-refractivity contribution in [1.29, 1.82) is 0 Å². The predicted molar refractivity (Wildman–Crippen MR) is 77.9 cm³/mol. The Morgan fingerprint density at radius 1 is 0.947 bits per heavy atom. The second-order valence-corrected chi connectivity index (χ2v) is 4.52. The summed E-state index contributed by atoms with van der Waals surface area (Å²) in [5.74, 6) is 0. The first-order valence-corrected chi connectivity index (χ1v) is 6.43. The van der Waals surface area contributed by atoms with Crippen LogP contribution in [0.4, 0.5) is 0 Å². The van der Waals surface area contributed by atoms with Crippen LogP contribution in [0.15, 0.2) is 71.9 Å². The second-order valence-electron chi connectivity index (χ2n) is 4.52. The molecule has 2 heteroatoms. The number of hydrogen-bond acceptors (Lipinski definition) is 2. The third-order valence-electron chi connectivity index (χ3n) is 3.10. The molecule has 1 unspecified atom stereocenters. The van der Waals surface area contributed by atoms with Gasteiger partial charge >= 0.3 is 0 Å². The average Bonchev–Trinajstić information content (AvgIpc) is 2.96. The molecule has 0 radical (unpaired) electrons. The molecule has 0 spiro atoms. The average molecular weight is 249 g/mol. The van der Waals surface area contributed by atoms with Crippen LogP contribution in [-0.4, -0.2) is 11.8 Å². The molecular weight excluding hydrogens is 234 g/mol. The molecule has 0 saturated heterocycles. The summed E-state index contributed by atoms with van der Waals surface area (Å²) in [4.78, 5) is 5.44. The van der Waals surface area contributed by atoms with Gasteiger partial charge in [0.05, 0.1) is 5.71 Å². The highest BCUT2D eigenvalue weighted by Gasteiger charge is 2.19. The molecule has 1 heterocycles. The Bertz CT molecular complexity index is 587. The van der Waals surface area contributed by atoms with Gasteiger partial charge in [-0.25, -0.2) is 0 Å². The summed E-state index contributed by atoms with van der Waals surface area (Å²) in [6.45, 7) is 0. The zero-order chi connectivity index (χ0) is 12.9. The van der Waals surface area contributed by atoms with Crippen LogP contribution in [0.3, 0.4) is 0 Å². The highest BCUT2D eigenvalue weighted by molar-refractivity contribution is 6.01. The standard InChI is InChI=1S/C17H15NO/c1-3-7-14(8-4-1)11-12-16-13-17(18-19-16)15-9-5-2-6-10-15/h1-12,16H,13H2/b12-11+. The molecule has 0 N–H and O–H groups in total. The van der Waals surface area contributed by atoms with Gasteiger partial charge < -0.3 is 4.84 Å². The number of benzene rings is 2. The fourth-order valence-corrected chi connectivity index (χ4v) is 2.08. The third kappa shape index (κ3) is 2.91. The summed E-state index contributed by atoms with van der Waals surface area (Å²) in [5, 5.41) is 4.17. The molecule has 94 valence electrons. The van der Waals surface area contributed by atoms with E-state index in [-0.39, 0.29) is 6.10 Å². The molecule has 0 amide bonds. The van der Waals surface area contributed by atoms with E-state index in [4.69, 9.17) is 4.84 Å². The van der Waals surface area contributed by atoms with Crippen molar-refractivity contribution in [3.8, 4) is 0 Å². The maximum absolute atomic E-state index is 5.44. The topological polar surface area (TPSA) is 21.6 Å². The predicted octanol–water partition coefficient (Wildman–Crippen LogP) is 3.89. The van der Waals surface area contributed by atoms with Gasteiger partial charge in [-0.05, 0) is 17.2 Å². The van der Waals surface area contributed by atoms with Crippen LogP contribution in [0.2, 0.25) is 0 Å². The Morgan fingerprint density at radius 2 is 1.63 bits per heavy atom.